The van der Waals surface area contributed by atoms with Crippen molar-refractivity contribution in [1.29, 1.82) is 0 Å². The van der Waals surface area contributed by atoms with Gasteiger partial charge in [0.15, 0.2) is 0 Å². The Morgan fingerprint density at radius 2 is 1.67 bits per heavy atom. The molecule has 0 spiro atoms. The molecule has 3 aromatic rings. The van der Waals surface area contributed by atoms with Gasteiger partial charge in [-0.2, -0.15) is 0 Å². The number of amides is 1. The first-order chi connectivity index (χ1) is 13.2. The Hall–Kier alpha value is -2.79. The summed E-state index contributed by atoms with van der Waals surface area (Å²) in [5.74, 6) is 0.0311. The molecular formula is C22H20FNO2S. The van der Waals surface area contributed by atoms with Crippen molar-refractivity contribution in [3.8, 4) is 5.75 Å². The van der Waals surface area contributed by atoms with Crippen LogP contribution in [0.1, 0.15) is 17.7 Å². The monoisotopic (exact) mass is 381 g/mol. The highest BCUT2D eigenvalue weighted by Gasteiger charge is 2.24. The molecule has 0 saturated heterocycles. The highest BCUT2D eigenvalue weighted by Crippen LogP contribution is 2.38. The Bertz CT molecular complexity index is 902. The van der Waals surface area contributed by atoms with Crippen LogP contribution in [0.2, 0.25) is 0 Å². The van der Waals surface area contributed by atoms with E-state index in [1.165, 1.54) is 17.8 Å². The first-order valence-electron chi connectivity index (χ1n) is 8.68. The fourth-order valence-corrected chi connectivity index (χ4v) is 3.67. The zero-order valence-corrected chi connectivity index (χ0v) is 15.7. The summed E-state index contributed by atoms with van der Waals surface area (Å²) in [6.07, 6.45) is 0. The van der Waals surface area contributed by atoms with Crippen LogP contribution in [0.3, 0.4) is 0 Å². The van der Waals surface area contributed by atoms with E-state index in [2.05, 4.69) is 5.32 Å². The van der Waals surface area contributed by atoms with E-state index in [4.69, 9.17) is 4.74 Å². The number of rotatable bonds is 7. The van der Waals surface area contributed by atoms with E-state index < -0.39 is 5.25 Å². The third-order valence-corrected chi connectivity index (χ3v) is 5.17. The molecule has 0 saturated carbocycles. The Morgan fingerprint density at radius 3 is 2.41 bits per heavy atom. The second-order valence-corrected chi connectivity index (χ2v) is 6.90. The van der Waals surface area contributed by atoms with Gasteiger partial charge in [0.1, 0.15) is 16.8 Å². The molecule has 0 aliphatic rings. The van der Waals surface area contributed by atoms with Gasteiger partial charge in [-0.25, -0.2) is 4.39 Å². The van der Waals surface area contributed by atoms with Gasteiger partial charge >= 0.3 is 0 Å². The molecule has 27 heavy (non-hydrogen) atoms. The molecule has 3 rings (SSSR count). The topological polar surface area (TPSA) is 38.3 Å². The fourth-order valence-electron chi connectivity index (χ4n) is 2.62. The Morgan fingerprint density at radius 1 is 1.00 bits per heavy atom. The molecule has 3 nitrogen and oxygen atoms in total. The van der Waals surface area contributed by atoms with Gasteiger partial charge < -0.3 is 10.1 Å². The summed E-state index contributed by atoms with van der Waals surface area (Å²) < 4.78 is 19.7. The summed E-state index contributed by atoms with van der Waals surface area (Å²) in [7, 11) is 0. The molecule has 138 valence electrons. The predicted octanol–water partition coefficient (Wildman–Crippen LogP) is 5.70. The summed E-state index contributed by atoms with van der Waals surface area (Å²) in [6, 6.07) is 23.1. The Kier molecular flexibility index (Phi) is 6.49. The molecular weight excluding hydrogens is 361 g/mol. The molecule has 0 heterocycles. The molecule has 0 aliphatic carbocycles. The lowest BCUT2D eigenvalue weighted by molar-refractivity contribution is -0.115. The van der Waals surface area contributed by atoms with E-state index in [-0.39, 0.29) is 11.7 Å². The second-order valence-electron chi connectivity index (χ2n) is 5.76. The molecule has 1 N–H and O–H groups in total. The number of halogens is 1. The number of benzene rings is 3. The number of anilines is 1. The van der Waals surface area contributed by atoms with E-state index in [1.807, 2.05) is 49.4 Å². The van der Waals surface area contributed by atoms with Gasteiger partial charge in [0.25, 0.3) is 0 Å². The van der Waals surface area contributed by atoms with Crippen LogP contribution in [0.4, 0.5) is 10.1 Å². The third kappa shape index (κ3) is 4.89. The van der Waals surface area contributed by atoms with E-state index in [1.54, 1.807) is 30.3 Å². The van der Waals surface area contributed by atoms with Crippen molar-refractivity contribution < 1.29 is 13.9 Å². The molecule has 0 bridgehead atoms. The zero-order valence-electron chi connectivity index (χ0n) is 14.9. The molecule has 0 fully saturated rings. The van der Waals surface area contributed by atoms with Crippen LogP contribution >= 0.6 is 11.8 Å². The fraction of sp³-hybridized carbons (Fsp3) is 0.136. The molecule has 0 aromatic heterocycles. The van der Waals surface area contributed by atoms with Crippen molar-refractivity contribution >= 4 is 23.4 Å². The largest absolute Gasteiger partial charge is 0.492 e. The van der Waals surface area contributed by atoms with Crippen LogP contribution in [0, 0.1) is 5.82 Å². The highest BCUT2D eigenvalue weighted by molar-refractivity contribution is 8.00. The van der Waals surface area contributed by atoms with Crippen LogP contribution in [0.5, 0.6) is 5.75 Å². The van der Waals surface area contributed by atoms with Crippen molar-refractivity contribution in [2.75, 3.05) is 11.9 Å². The molecule has 1 atom stereocenters. The number of para-hydroxylation sites is 2. The van der Waals surface area contributed by atoms with Gasteiger partial charge in [-0.1, -0.05) is 54.6 Å². The number of carbonyl (C=O) groups excluding carboxylic acids is 1. The van der Waals surface area contributed by atoms with Gasteiger partial charge in [-0.05, 0) is 36.8 Å². The average Bonchev–Trinajstić information content (AvgIpc) is 2.69. The van der Waals surface area contributed by atoms with Crippen LogP contribution < -0.4 is 10.1 Å². The maximum atomic E-state index is 14.1. The van der Waals surface area contributed by atoms with Gasteiger partial charge in [0.2, 0.25) is 5.91 Å². The number of thioether (sulfide) groups is 1. The lowest BCUT2D eigenvalue weighted by Gasteiger charge is -2.18. The number of hydrogen-bond acceptors (Lipinski definition) is 3. The van der Waals surface area contributed by atoms with Crippen LogP contribution in [-0.4, -0.2) is 12.5 Å². The Labute approximate surface area is 162 Å². The first kappa shape index (κ1) is 19.0. The first-order valence-corrected chi connectivity index (χ1v) is 9.56. The molecule has 1 amide bonds. The van der Waals surface area contributed by atoms with Gasteiger partial charge in [0, 0.05) is 4.90 Å². The van der Waals surface area contributed by atoms with Crippen molar-refractivity contribution in [2.45, 2.75) is 17.1 Å². The second kappa shape index (κ2) is 9.24. The maximum absolute atomic E-state index is 14.1. The van der Waals surface area contributed by atoms with Crippen LogP contribution in [0.15, 0.2) is 83.8 Å². The van der Waals surface area contributed by atoms with Crippen LogP contribution in [-0.2, 0) is 4.79 Å². The summed E-state index contributed by atoms with van der Waals surface area (Å²) >= 11 is 1.19. The van der Waals surface area contributed by atoms with E-state index in [0.29, 0.717) is 22.9 Å². The molecule has 5 heteroatoms. The summed E-state index contributed by atoms with van der Waals surface area (Å²) in [6.45, 7) is 2.39. The third-order valence-electron chi connectivity index (χ3n) is 3.87. The predicted molar refractivity (Wildman–Crippen MR) is 108 cm³/mol. The SMILES string of the molecule is CCOc1ccccc1NC(=O)C(Sc1ccccc1F)c1ccccc1. The van der Waals surface area contributed by atoms with Gasteiger partial charge in [-0.3, -0.25) is 4.79 Å². The molecule has 3 aromatic carbocycles. The standard InChI is InChI=1S/C22H20FNO2S/c1-2-26-19-14-8-7-13-18(19)24-22(25)21(16-10-4-3-5-11-16)27-20-15-9-6-12-17(20)23/h3-15,21H,2H2,1H3,(H,24,25). The normalized spacial score (nSPS) is 11.6. The van der Waals surface area contributed by atoms with Crippen LogP contribution in [0.25, 0.3) is 0 Å². The average molecular weight is 381 g/mol. The molecule has 1 unspecified atom stereocenters. The lowest BCUT2D eigenvalue weighted by atomic mass is 10.1. The summed E-state index contributed by atoms with van der Waals surface area (Å²) in [4.78, 5) is 13.5. The van der Waals surface area contributed by atoms with E-state index in [0.717, 1.165) is 5.56 Å². The highest BCUT2D eigenvalue weighted by atomic mass is 32.2. The lowest BCUT2D eigenvalue weighted by Crippen LogP contribution is -2.19. The summed E-state index contributed by atoms with van der Waals surface area (Å²) in [5, 5.41) is 2.33. The molecule has 0 radical (unpaired) electrons. The maximum Gasteiger partial charge on any atom is 0.242 e. The Balaban J connectivity index is 1.89. The van der Waals surface area contributed by atoms with Crippen molar-refractivity contribution in [2.24, 2.45) is 0 Å². The molecule has 0 aliphatic heterocycles. The van der Waals surface area contributed by atoms with Crippen molar-refractivity contribution in [1.82, 2.24) is 0 Å². The number of hydrogen-bond donors (Lipinski definition) is 1. The smallest absolute Gasteiger partial charge is 0.242 e. The van der Waals surface area contributed by atoms with E-state index >= 15 is 0 Å². The number of nitrogens with one attached hydrogen (secondary N) is 1. The summed E-state index contributed by atoms with van der Waals surface area (Å²) in [5.41, 5.74) is 1.40. The van der Waals surface area contributed by atoms with Crippen molar-refractivity contribution in [3.63, 3.8) is 0 Å². The zero-order chi connectivity index (χ0) is 19.1. The van der Waals surface area contributed by atoms with Gasteiger partial charge in [-0.15, -0.1) is 11.8 Å². The van der Waals surface area contributed by atoms with Gasteiger partial charge in [0.05, 0.1) is 12.3 Å². The van der Waals surface area contributed by atoms with E-state index in [9.17, 15) is 9.18 Å². The quantitative estimate of drug-likeness (QED) is 0.534. The number of ether oxygens (including phenoxy) is 1. The minimum atomic E-state index is -0.599. The minimum absolute atomic E-state index is 0.235. The van der Waals surface area contributed by atoms with Crippen molar-refractivity contribution in [3.05, 3.63) is 90.2 Å². The minimum Gasteiger partial charge on any atom is -0.492 e. The number of carbonyl (C=O) groups is 1.